The zero-order chi connectivity index (χ0) is 9.43. The molecule has 2 unspecified atom stereocenters. The van der Waals surface area contributed by atoms with Gasteiger partial charge in [0.1, 0.15) is 0 Å². The molecule has 80 valence electrons. The van der Waals surface area contributed by atoms with E-state index in [2.05, 4.69) is 5.32 Å². The Bertz CT molecular complexity index is 204. The number of hydrogen-bond donors (Lipinski definition) is 1. The summed E-state index contributed by atoms with van der Waals surface area (Å²) in [7, 11) is 0. The van der Waals surface area contributed by atoms with Crippen LogP contribution in [0.5, 0.6) is 0 Å². The maximum Gasteiger partial charge on any atom is 0.0655 e. The Hall–Kier alpha value is -0.0800. The minimum Gasteiger partial charge on any atom is -0.374 e. The molecule has 0 bridgehead atoms. The summed E-state index contributed by atoms with van der Waals surface area (Å²) in [5.74, 6) is 0. The van der Waals surface area contributed by atoms with Gasteiger partial charge in [0.05, 0.1) is 12.2 Å². The second kappa shape index (κ2) is 3.49. The quantitative estimate of drug-likeness (QED) is 0.728. The van der Waals surface area contributed by atoms with Gasteiger partial charge in [-0.05, 0) is 32.2 Å². The monoisotopic (exact) mass is 195 g/mol. The van der Waals surface area contributed by atoms with Gasteiger partial charge in [-0.3, -0.25) is 0 Å². The van der Waals surface area contributed by atoms with Crippen molar-refractivity contribution in [2.45, 2.75) is 57.2 Å². The number of nitrogens with one attached hydrogen (secondary N) is 1. The molecule has 0 amide bonds. The molecule has 1 heterocycles. The second-order valence-corrected chi connectivity index (χ2v) is 5.38. The van der Waals surface area contributed by atoms with Crippen molar-refractivity contribution in [3.8, 4) is 0 Å². The van der Waals surface area contributed by atoms with Crippen molar-refractivity contribution in [3.05, 3.63) is 0 Å². The molecule has 1 N–H and O–H groups in total. The average Bonchev–Trinajstić information content (AvgIpc) is 2.67. The Kier molecular flexibility index (Phi) is 2.29. The Labute approximate surface area is 86.4 Å². The van der Waals surface area contributed by atoms with Crippen LogP contribution in [0.1, 0.15) is 44.9 Å². The van der Waals surface area contributed by atoms with Crippen LogP contribution in [-0.4, -0.2) is 25.3 Å². The minimum atomic E-state index is 0.581. The van der Waals surface area contributed by atoms with Crippen LogP contribution in [0.15, 0.2) is 0 Å². The van der Waals surface area contributed by atoms with Crippen molar-refractivity contribution in [3.63, 3.8) is 0 Å². The fraction of sp³-hybridized carbons (Fsp3) is 1.00. The van der Waals surface area contributed by atoms with E-state index in [1.165, 1.54) is 58.0 Å². The van der Waals surface area contributed by atoms with Crippen LogP contribution < -0.4 is 5.32 Å². The topological polar surface area (TPSA) is 21.3 Å². The summed E-state index contributed by atoms with van der Waals surface area (Å²) in [5, 5.41) is 3.46. The molecular weight excluding hydrogens is 174 g/mol. The van der Waals surface area contributed by atoms with Crippen LogP contribution in [0.2, 0.25) is 0 Å². The van der Waals surface area contributed by atoms with E-state index in [9.17, 15) is 0 Å². The summed E-state index contributed by atoms with van der Waals surface area (Å²) in [6.07, 6.45) is 10.7. The van der Waals surface area contributed by atoms with Crippen molar-refractivity contribution in [1.82, 2.24) is 5.32 Å². The van der Waals surface area contributed by atoms with Crippen LogP contribution >= 0.6 is 0 Å². The van der Waals surface area contributed by atoms with Crippen molar-refractivity contribution < 1.29 is 4.74 Å². The molecule has 1 aliphatic heterocycles. The normalized spacial score (nSPS) is 43.3. The molecule has 0 aromatic carbocycles. The van der Waals surface area contributed by atoms with Gasteiger partial charge >= 0.3 is 0 Å². The van der Waals surface area contributed by atoms with Crippen LogP contribution in [0.25, 0.3) is 0 Å². The predicted molar refractivity (Wildman–Crippen MR) is 56.3 cm³/mol. The van der Waals surface area contributed by atoms with Crippen LogP contribution in [0.3, 0.4) is 0 Å². The SMILES string of the molecule is C1CCC(OC2CC23CCNC3)CC1. The first kappa shape index (κ1) is 9.17. The minimum absolute atomic E-state index is 0.581. The van der Waals surface area contributed by atoms with E-state index in [0.717, 1.165) is 0 Å². The highest BCUT2D eigenvalue weighted by Crippen LogP contribution is 2.53. The molecule has 2 nitrogen and oxygen atoms in total. The van der Waals surface area contributed by atoms with Crippen molar-refractivity contribution in [2.24, 2.45) is 5.41 Å². The van der Waals surface area contributed by atoms with Crippen molar-refractivity contribution >= 4 is 0 Å². The lowest BCUT2D eigenvalue weighted by Crippen LogP contribution is -2.22. The molecule has 3 aliphatic rings. The zero-order valence-corrected chi connectivity index (χ0v) is 8.93. The fourth-order valence-corrected chi connectivity index (χ4v) is 3.15. The van der Waals surface area contributed by atoms with Crippen LogP contribution in [0, 0.1) is 5.41 Å². The second-order valence-electron chi connectivity index (χ2n) is 5.38. The van der Waals surface area contributed by atoms with Gasteiger partial charge in [-0.25, -0.2) is 0 Å². The first-order valence-corrected chi connectivity index (χ1v) is 6.25. The number of rotatable bonds is 2. The Morgan fingerprint density at radius 3 is 2.71 bits per heavy atom. The van der Waals surface area contributed by atoms with Gasteiger partial charge in [-0.15, -0.1) is 0 Å². The largest absolute Gasteiger partial charge is 0.374 e. The first-order valence-electron chi connectivity index (χ1n) is 6.25. The summed E-state index contributed by atoms with van der Waals surface area (Å²) < 4.78 is 6.20. The van der Waals surface area contributed by atoms with E-state index in [-0.39, 0.29) is 0 Å². The molecule has 3 rings (SSSR count). The third-order valence-corrected chi connectivity index (χ3v) is 4.30. The van der Waals surface area contributed by atoms with E-state index in [0.29, 0.717) is 17.6 Å². The summed E-state index contributed by atoms with van der Waals surface area (Å²) in [6, 6.07) is 0. The zero-order valence-electron chi connectivity index (χ0n) is 8.93. The van der Waals surface area contributed by atoms with Gasteiger partial charge in [-0.1, -0.05) is 19.3 Å². The van der Waals surface area contributed by atoms with Crippen molar-refractivity contribution in [1.29, 1.82) is 0 Å². The summed E-state index contributed by atoms with van der Waals surface area (Å²) in [4.78, 5) is 0. The molecule has 0 radical (unpaired) electrons. The van der Waals surface area contributed by atoms with Crippen molar-refractivity contribution in [2.75, 3.05) is 13.1 Å². The summed E-state index contributed by atoms with van der Waals surface area (Å²) >= 11 is 0. The molecule has 2 aliphatic carbocycles. The van der Waals surface area contributed by atoms with E-state index in [4.69, 9.17) is 4.74 Å². The lowest BCUT2D eigenvalue weighted by atomic mass is 9.97. The number of ether oxygens (including phenoxy) is 1. The number of hydrogen-bond acceptors (Lipinski definition) is 2. The van der Waals surface area contributed by atoms with E-state index < -0.39 is 0 Å². The van der Waals surface area contributed by atoms with Gasteiger partial charge in [-0.2, -0.15) is 0 Å². The molecule has 14 heavy (non-hydrogen) atoms. The van der Waals surface area contributed by atoms with Gasteiger partial charge in [0, 0.05) is 12.0 Å². The fourth-order valence-electron chi connectivity index (χ4n) is 3.15. The predicted octanol–water partition coefficient (Wildman–Crippen LogP) is 2.09. The molecule has 1 saturated heterocycles. The highest BCUT2D eigenvalue weighted by molar-refractivity contribution is 5.09. The van der Waals surface area contributed by atoms with Crippen LogP contribution in [0.4, 0.5) is 0 Å². The maximum atomic E-state index is 6.20. The molecule has 2 atom stereocenters. The van der Waals surface area contributed by atoms with E-state index in [1.54, 1.807) is 0 Å². The van der Waals surface area contributed by atoms with Crippen LogP contribution in [-0.2, 0) is 4.74 Å². The lowest BCUT2D eigenvalue weighted by Gasteiger charge is -2.23. The molecule has 1 spiro atoms. The highest BCUT2D eigenvalue weighted by Gasteiger charge is 2.57. The molecular formula is C12H21NO. The molecule has 0 aromatic heterocycles. The Morgan fingerprint density at radius 2 is 2.00 bits per heavy atom. The highest BCUT2D eigenvalue weighted by atomic mass is 16.5. The standard InChI is InChI=1S/C12H21NO/c1-2-4-10(5-3-1)14-11-8-12(11)6-7-13-9-12/h10-11,13H,1-9H2. The summed E-state index contributed by atoms with van der Waals surface area (Å²) in [6.45, 7) is 2.43. The molecule has 2 heteroatoms. The van der Waals surface area contributed by atoms with E-state index >= 15 is 0 Å². The molecule has 0 aromatic rings. The summed E-state index contributed by atoms with van der Waals surface area (Å²) in [5.41, 5.74) is 0.581. The Balaban J connectivity index is 1.49. The molecule has 3 fully saturated rings. The van der Waals surface area contributed by atoms with Gasteiger partial charge in [0.15, 0.2) is 0 Å². The first-order chi connectivity index (χ1) is 6.89. The third kappa shape index (κ3) is 1.59. The molecule has 2 saturated carbocycles. The van der Waals surface area contributed by atoms with Gasteiger partial charge in [0.2, 0.25) is 0 Å². The van der Waals surface area contributed by atoms with Gasteiger partial charge < -0.3 is 10.1 Å². The van der Waals surface area contributed by atoms with E-state index in [1.807, 2.05) is 0 Å². The Morgan fingerprint density at radius 1 is 1.14 bits per heavy atom. The maximum absolute atomic E-state index is 6.20. The van der Waals surface area contributed by atoms with Gasteiger partial charge in [0.25, 0.3) is 0 Å². The third-order valence-electron chi connectivity index (χ3n) is 4.30. The lowest BCUT2D eigenvalue weighted by molar-refractivity contribution is 0.000194. The average molecular weight is 195 g/mol. The smallest absolute Gasteiger partial charge is 0.0655 e.